The first-order valence-electron chi connectivity index (χ1n) is 8.82. The van der Waals surface area contributed by atoms with Crippen LogP contribution in [0.1, 0.15) is 41.4 Å². The van der Waals surface area contributed by atoms with Crippen LogP contribution in [0.15, 0.2) is 30.5 Å². The summed E-state index contributed by atoms with van der Waals surface area (Å²) < 4.78 is 7.46. The SMILES string of the molecule is Cc1ccc(OCCCNC(=O)c2cn(C3CCNCC3)nn2)cc1.Cl. The van der Waals surface area contributed by atoms with Gasteiger partial charge in [0.05, 0.1) is 18.8 Å². The summed E-state index contributed by atoms with van der Waals surface area (Å²) in [5, 5.41) is 14.3. The lowest BCUT2D eigenvalue weighted by atomic mass is 10.1. The molecule has 0 spiro atoms. The molecule has 2 aromatic rings. The Morgan fingerprint density at radius 1 is 1.31 bits per heavy atom. The van der Waals surface area contributed by atoms with Gasteiger partial charge in [0.2, 0.25) is 0 Å². The number of aromatic nitrogens is 3. The van der Waals surface area contributed by atoms with Crippen LogP contribution in [0.4, 0.5) is 0 Å². The number of benzene rings is 1. The highest BCUT2D eigenvalue weighted by molar-refractivity contribution is 5.91. The summed E-state index contributed by atoms with van der Waals surface area (Å²) in [6.45, 7) is 5.11. The largest absolute Gasteiger partial charge is 0.494 e. The van der Waals surface area contributed by atoms with E-state index in [1.165, 1.54) is 5.56 Å². The number of halogens is 1. The minimum Gasteiger partial charge on any atom is -0.494 e. The molecule has 1 aromatic heterocycles. The molecule has 1 saturated heterocycles. The van der Waals surface area contributed by atoms with E-state index in [1.54, 1.807) is 6.20 Å². The molecule has 0 radical (unpaired) electrons. The summed E-state index contributed by atoms with van der Waals surface area (Å²) >= 11 is 0. The zero-order valence-electron chi connectivity index (χ0n) is 15.0. The number of nitrogens with zero attached hydrogens (tertiary/aromatic N) is 3. The molecule has 7 nitrogen and oxygen atoms in total. The molecule has 0 atom stereocenters. The third kappa shape index (κ3) is 5.71. The van der Waals surface area contributed by atoms with Gasteiger partial charge in [-0.1, -0.05) is 22.9 Å². The molecular formula is C18H26ClN5O2. The van der Waals surface area contributed by atoms with Gasteiger partial charge in [-0.2, -0.15) is 0 Å². The first kappa shape index (κ1) is 20.2. The number of hydrogen-bond acceptors (Lipinski definition) is 5. The summed E-state index contributed by atoms with van der Waals surface area (Å²) in [4.78, 5) is 12.1. The van der Waals surface area contributed by atoms with E-state index < -0.39 is 0 Å². The first-order valence-corrected chi connectivity index (χ1v) is 8.82. The lowest BCUT2D eigenvalue weighted by Crippen LogP contribution is -2.29. The minimum atomic E-state index is -0.185. The van der Waals surface area contributed by atoms with E-state index >= 15 is 0 Å². The molecule has 1 aliphatic rings. The average molecular weight is 380 g/mol. The number of rotatable bonds is 7. The second-order valence-electron chi connectivity index (χ2n) is 6.34. The topological polar surface area (TPSA) is 81.1 Å². The maximum atomic E-state index is 12.1. The average Bonchev–Trinajstić information content (AvgIpc) is 3.14. The second kappa shape index (κ2) is 10.1. The molecule has 0 saturated carbocycles. The number of aryl methyl sites for hydroxylation is 1. The van der Waals surface area contributed by atoms with Crippen molar-refractivity contribution in [3.8, 4) is 5.75 Å². The van der Waals surface area contributed by atoms with E-state index in [0.29, 0.717) is 24.9 Å². The van der Waals surface area contributed by atoms with E-state index in [9.17, 15) is 4.79 Å². The van der Waals surface area contributed by atoms with Crippen LogP contribution in [0.2, 0.25) is 0 Å². The van der Waals surface area contributed by atoms with Gasteiger partial charge >= 0.3 is 0 Å². The molecule has 0 bridgehead atoms. The molecule has 2 heterocycles. The molecule has 26 heavy (non-hydrogen) atoms. The van der Waals surface area contributed by atoms with Crippen molar-refractivity contribution < 1.29 is 9.53 Å². The van der Waals surface area contributed by atoms with Crippen molar-refractivity contribution in [3.63, 3.8) is 0 Å². The van der Waals surface area contributed by atoms with E-state index in [1.807, 2.05) is 35.9 Å². The van der Waals surface area contributed by atoms with Crippen molar-refractivity contribution in [2.24, 2.45) is 0 Å². The van der Waals surface area contributed by atoms with Crippen LogP contribution in [-0.2, 0) is 0 Å². The number of nitrogens with one attached hydrogen (secondary N) is 2. The fourth-order valence-corrected chi connectivity index (χ4v) is 2.82. The first-order chi connectivity index (χ1) is 12.2. The van der Waals surface area contributed by atoms with Gasteiger partial charge in [0.15, 0.2) is 5.69 Å². The van der Waals surface area contributed by atoms with Gasteiger partial charge in [-0.15, -0.1) is 17.5 Å². The Kier molecular flexibility index (Phi) is 7.87. The van der Waals surface area contributed by atoms with Crippen molar-refractivity contribution >= 4 is 18.3 Å². The summed E-state index contributed by atoms with van der Waals surface area (Å²) in [6.07, 6.45) is 4.51. The van der Waals surface area contributed by atoms with Crippen molar-refractivity contribution in [1.29, 1.82) is 0 Å². The predicted molar refractivity (Wildman–Crippen MR) is 102 cm³/mol. The second-order valence-corrected chi connectivity index (χ2v) is 6.34. The molecule has 1 aromatic carbocycles. The van der Waals surface area contributed by atoms with Crippen molar-refractivity contribution in [3.05, 3.63) is 41.7 Å². The monoisotopic (exact) mass is 379 g/mol. The third-order valence-corrected chi connectivity index (χ3v) is 4.32. The standard InChI is InChI=1S/C18H25N5O2.ClH/c1-14-3-5-16(6-4-14)25-12-2-9-20-18(24)17-13-23(22-21-17)15-7-10-19-11-8-15;/h3-6,13,15,19H,2,7-12H2,1H3,(H,20,24);1H. The van der Waals surface area contributed by atoms with Crippen LogP contribution in [0, 0.1) is 6.92 Å². The molecular weight excluding hydrogens is 354 g/mol. The molecule has 1 fully saturated rings. The summed E-state index contributed by atoms with van der Waals surface area (Å²) in [5.74, 6) is 0.664. The van der Waals surface area contributed by atoms with Crippen LogP contribution in [-0.4, -0.2) is 47.1 Å². The molecule has 1 aliphatic heterocycles. The highest BCUT2D eigenvalue weighted by Crippen LogP contribution is 2.17. The third-order valence-electron chi connectivity index (χ3n) is 4.32. The molecule has 142 valence electrons. The molecule has 0 aliphatic carbocycles. The van der Waals surface area contributed by atoms with Crippen molar-refractivity contribution in [2.75, 3.05) is 26.2 Å². The number of carbonyl (C=O) groups excluding carboxylic acids is 1. The summed E-state index contributed by atoms with van der Waals surface area (Å²) in [7, 11) is 0. The van der Waals surface area contributed by atoms with Crippen LogP contribution in [0.3, 0.4) is 0 Å². The Hall–Kier alpha value is -2.12. The number of carbonyl (C=O) groups is 1. The smallest absolute Gasteiger partial charge is 0.273 e. The molecule has 2 N–H and O–H groups in total. The molecule has 8 heteroatoms. The van der Waals surface area contributed by atoms with Gasteiger partial charge in [-0.25, -0.2) is 4.68 Å². The van der Waals surface area contributed by atoms with Crippen LogP contribution < -0.4 is 15.4 Å². The fourth-order valence-electron chi connectivity index (χ4n) is 2.82. The van der Waals surface area contributed by atoms with Crippen molar-refractivity contribution in [1.82, 2.24) is 25.6 Å². The minimum absolute atomic E-state index is 0. The van der Waals surface area contributed by atoms with Crippen LogP contribution >= 0.6 is 12.4 Å². The number of amides is 1. The van der Waals surface area contributed by atoms with E-state index in [2.05, 4.69) is 20.9 Å². The lowest BCUT2D eigenvalue weighted by Gasteiger charge is -2.22. The fraction of sp³-hybridized carbons (Fsp3) is 0.500. The van der Waals surface area contributed by atoms with Crippen molar-refractivity contribution in [2.45, 2.75) is 32.2 Å². The quantitative estimate of drug-likeness (QED) is 0.720. The predicted octanol–water partition coefficient (Wildman–Crippen LogP) is 2.13. The highest BCUT2D eigenvalue weighted by Gasteiger charge is 2.18. The Bertz CT molecular complexity index is 683. The Morgan fingerprint density at radius 2 is 2.04 bits per heavy atom. The number of hydrogen-bond donors (Lipinski definition) is 2. The molecule has 3 rings (SSSR count). The van der Waals surface area contributed by atoms with E-state index in [4.69, 9.17) is 4.74 Å². The zero-order valence-corrected chi connectivity index (χ0v) is 15.8. The number of piperidine rings is 1. The van der Waals surface area contributed by atoms with Gasteiger partial charge in [0.25, 0.3) is 5.91 Å². The van der Waals surface area contributed by atoms with Gasteiger partial charge < -0.3 is 15.4 Å². The Labute approximate surface area is 159 Å². The zero-order chi connectivity index (χ0) is 17.5. The maximum Gasteiger partial charge on any atom is 0.273 e. The van der Waals surface area contributed by atoms with E-state index in [-0.39, 0.29) is 18.3 Å². The van der Waals surface area contributed by atoms with Gasteiger partial charge in [-0.3, -0.25) is 4.79 Å². The summed E-state index contributed by atoms with van der Waals surface area (Å²) in [6, 6.07) is 8.27. The maximum absolute atomic E-state index is 12.1. The lowest BCUT2D eigenvalue weighted by molar-refractivity contribution is 0.0946. The van der Waals surface area contributed by atoms with Gasteiger partial charge in [0.1, 0.15) is 5.75 Å². The molecule has 1 amide bonds. The van der Waals surface area contributed by atoms with Gasteiger partial charge in [0, 0.05) is 6.54 Å². The van der Waals surface area contributed by atoms with Crippen LogP contribution in [0.25, 0.3) is 0 Å². The van der Waals surface area contributed by atoms with E-state index in [0.717, 1.165) is 38.1 Å². The Balaban J connectivity index is 0.00000243. The van der Waals surface area contributed by atoms with Crippen LogP contribution in [0.5, 0.6) is 5.75 Å². The summed E-state index contributed by atoms with van der Waals surface area (Å²) in [5.41, 5.74) is 1.58. The van der Waals surface area contributed by atoms with Gasteiger partial charge in [-0.05, 0) is 51.4 Å². The number of ether oxygens (including phenoxy) is 1. The molecule has 0 unspecified atom stereocenters. The normalized spacial score (nSPS) is 14.5. The Morgan fingerprint density at radius 3 is 2.77 bits per heavy atom. The highest BCUT2D eigenvalue weighted by atomic mass is 35.5.